The van der Waals surface area contributed by atoms with Crippen LogP contribution in [0.3, 0.4) is 0 Å². The number of benzene rings is 2. The highest BCUT2D eigenvalue weighted by Crippen LogP contribution is 2.44. The van der Waals surface area contributed by atoms with Crippen molar-refractivity contribution >= 4 is 17.6 Å². The topological polar surface area (TPSA) is 147 Å². The zero-order valence-electron chi connectivity index (χ0n) is 20.8. The lowest BCUT2D eigenvalue weighted by molar-refractivity contribution is -0.386. The number of nitro benzene ring substituents is 1. The molecule has 12 heteroatoms. The van der Waals surface area contributed by atoms with Crippen molar-refractivity contribution in [3.8, 4) is 23.0 Å². The molecule has 0 radical (unpaired) electrons. The number of nitro groups is 1. The first-order valence-corrected chi connectivity index (χ1v) is 10.8. The van der Waals surface area contributed by atoms with E-state index in [1.54, 1.807) is 23.1 Å². The fraction of sp³-hybridized carbons (Fsp3) is 0.280. The van der Waals surface area contributed by atoms with Gasteiger partial charge >= 0.3 is 17.6 Å². The Morgan fingerprint density at radius 2 is 1.46 bits per heavy atom. The quantitative estimate of drug-likeness (QED) is 0.299. The second-order valence-corrected chi connectivity index (χ2v) is 7.79. The maximum atomic E-state index is 12.9. The minimum absolute atomic E-state index is 0.00733. The lowest BCUT2D eigenvalue weighted by Crippen LogP contribution is -2.28. The van der Waals surface area contributed by atoms with Crippen molar-refractivity contribution in [1.82, 2.24) is 4.90 Å². The Bertz CT molecular complexity index is 1250. The van der Waals surface area contributed by atoms with Crippen LogP contribution in [0.25, 0.3) is 0 Å². The van der Waals surface area contributed by atoms with E-state index in [-0.39, 0.29) is 29.0 Å². The molecule has 37 heavy (non-hydrogen) atoms. The molecule has 0 saturated carbocycles. The van der Waals surface area contributed by atoms with Gasteiger partial charge in [-0.1, -0.05) is 6.07 Å². The van der Waals surface area contributed by atoms with Crippen LogP contribution < -0.4 is 14.2 Å². The minimum Gasteiger partial charge on any atom is -0.500 e. The van der Waals surface area contributed by atoms with E-state index in [2.05, 4.69) is 0 Å². The van der Waals surface area contributed by atoms with E-state index in [4.69, 9.17) is 23.7 Å². The molecular formula is C25H26N2O10. The average molecular weight is 514 g/mol. The number of hydrogen-bond donors (Lipinski definition) is 1. The van der Waals surface area contributed by atoms with Gasteiger partial charge in [-0.3, -0.25) is 10.1 Å². The minimum atomic E-state index is -1.12. The molecular weight excluding hydrogens is 488 g/mol. The molecule has 0 unspecified atom stereocenters. The molecule has 2 aromatic rings. The summed E-state index contributed by atoms with van der Waals surface area (Å²) in [4.78, 5) is 38.1. The lowest BCUT2D eigenvalue weighted by Gasteiger charge is -2.30. The number of rotatable bonds is 9. The zero-order chi connectivity index (χ0) is 27.3. The molecule has 0 spiro atoms. The second kappa shape index (κ2) is 11.3. The summed E-state index contributed by atoms with van der Waals surface area (Å²) in [5, 5.41) is 21.8. The third-order valence-electron chi connectivity index (χ3n) is 5.71. The standard InChI is InChI=1S/C25H26N2O10/c1-33-19-7-6-14(8-20(19)34-2)11-26-12-16(24(29)36-4)22(17(13-26)25(30)37-5)15-9-18(27(31)32)23(28)21(10-15)35-3/h6-10,12-13,22,28H,11H2,1-5H3. The number of esters is 2. The highest BCUT2D eigenvalue weighted by atomic mass is 16.6. The normalized spacial score (nSPS) is 13.3. The smallest absolute Gasteiger partial charge is 0.336 e. The Balaban J connectivity index is 2.17. The van der Waals surface area contributed by atoms with E-state index in [0.717, 1.165) is 11.6 Å². The average Bonchev–Trinajstić information content (AvgIpc) is 2.91. The van der Waals surface area contributed by atoms with Crippen molar-refractivity contribution < 1.29 is 43.3 Å². The van der Waals surface area contributed by atoms with Gasteiger partial charge in [0.05, 0.1) is 57.5 Å². The largest absolute Gasteiger partial charge is 0.500 e. The van der Waals surface area contributed by atoms with Gasteiger partial charge in [0.15, 0.2) is 17.2 Å². The van der Waals surface area contributed by atoms with Gasteiger partial charge in [0.25, 0.3) is 0 Å². The Morgan fingerprint density at radius 1 is 0.892 bits per heavy atom. The molecule has 0 saturated heterocycles. The number of carbonyl (C=O) groups excluding carboxylic acids is 2. The summed E-state index contributed by atoms with van der Waals surface area (Å²) >= 11 is 0. The third kappa shape index (κ3) is 5.42. The second-order valence-electron chi connectivity index (χ2n) is 7.79. The highest BCUT2D eigenvalue weighted by Gasteiger charge is 2.37. The van der Waals surface area contributed by atoms with Crippen molar-refractivity contribution in [3.63, 3.8) is 0 Å². The van der Waals surface area contributed by atoms with E-state index in [1.807, 2.05) is 0 Å². The van der Waals surface area contributed by atoms with Gasteiger partial charge in [0, 0.05) is 25.0 Å². The summed E-state index contributed by atoms with van der Waals surface area (Å²) in [6.07, 6.45) is 2.95. The maximum absolute atomic E-state index is 12.9. The van der Waals surface area contributed by atoms with Gasteiger partial charge in [-0.15, -0.1) is 0 Å². The van der Waals surface area contributed by atoms with E-state index in [1.165, 1.54) is 54.0 Å². The van der Waals surface area contributed by atoms with E-state index < -0.39 is 34.2 Å². The summed E-state index contributed by atoms with van der Waals surface area (Å²) in [7, 11) is 6.59. The number of phenols is 1. The molecule has 1 aliphatic heterocycles. The van der Waals surface area contributed by atoms with Crippen LogP contribution in [0.2, 0.25) is 0 Å². The number of phenolic OH excluding ortho intramolecular Hbond substituents is 1. The maximum Gasteiger partial charge on any atom is 0.336 e. The Kier molecular flexibility index (Phi) is 8.23. The van der Waals surface area contributed by atoms with Gasteiger partial charge in [0.2, 0.25) is 5.75 Å². The molecule has 1 heterocycles. The molecule has 12 nitrogen and oxygen atoms in total. The SMILES string of the molecule is COC(=O)C1=CN(Cc2ccc(OC)c(OC)c2)C=C(C(=O)OC)C1c1cc(OC)c(O)c([N+](=O)[O-])c1. The van der Waals surface area contributed by atoms with Crippen LogP contribution in [0.4, 0.5) is 5.69 Å². The van der Waals surface area contributed by atoms with Crippen LogP contribution in [0.15, 0.2) is 53.9 Å². The monoisotopic (exact) mass is 514 g/mol. The molecule has 0 atom stereocenters. The first-order valence-electron chi connectivity index (χ1n) is 10.8. The fourth-order valence-corrected chi connectivity index (χ4v) is 4.00. The van der Waals surface area contributed by atoms with Crippen LogP contribution >= 0.6 is 0 Å². The Morgan fingerprint density at radius 3 is 1.95 bits per heavy atom. The molecule has 2 aromatic carbocycles. The first kappa shape index (κ1) is 26.9. The van der Waals surface area contributed by atoms with Gasteiger partial charge < -0.3 is 33.7 Å². The van der Waals surface area contributed by atoms with Gasteiger partial charge in [-0.25, -0.2) is 9.59 Å². The van der Waals surface area contributed by atoms with Gasteiger partial charge in [-0.2, -0.15) is 0 Å². The number of hydrogen-bond acceptors (Lipinski definition) is 11. The molecule has 1 N–H and O–H groups in total. The first-order chi connectivity index (χ1) is 17.7. The van der Waals surface area contributed by atoms with Crippen molar-refractivity contribution in [1.29, 1.82) is 0 Å². The van der Waals surface area contributed by atoms with Gasteiger partial charge in [-0.05, 0) is 29.3 Å². The predicted octanol–water partition coefficient (Wildman–Crippen LogP) is 3.04. The zero-order valence-corrected chi connectivity index (χ0v) is 20.8. The van der Waals surface area contributed by atoms with Crippen LogP contribution in [0.1, 0.15) is 17.0 Å². The summed E-state index contributed by atoms with van der Waals surface area (Å²) < 4.78 is 25.6. The molecule has 0 fully saturated rings. The molecule has 0 aliphatic carbocycles. The van der Waals surface area contributed by atoms with Crippen LogP contribution in [-0.2, 0) is 25.6 Å². The number of ether oxygens (including phenoxy) is 5. The Labute approximate surface area is 212 Å². The Hall–Kier alpha value is -4.74. The molecule has 0 bridgehead atoms. The summed E-state index contributed by atoms with van der Waals surface area (Å²) in [5.74, 6) is -2.52. The summed E-state index contributed by atoms with van der Waals surface area (Å²) in [6, 6.07) is 7.64. The fourth-order valence-electron chi connectivity index (χ4n) is 4.00. The van der Waals surface area contributed by atoms with E-state index >= 15 is 0 Å². The summed E-state index contributed by atoms with van der Waals surface area (Å²) in [5.41, 5.74) is 0.260. The summed E-state index contributed by atoms with van der Waals surface area (Å²) in [6.45, 7) is 0.215. The third-order valence-corrected chi connectivity index (χ3v) is 5.71. The van der Waals surface area contributed by atoms with E-state index in [0.29, 0.717) is 11.5 Å². The highest BCUT2D eigenvalue weighted by molar-refractivity contribution is 5.98. The molecule has 0 amide bonds. The molecule has 0 aromatic heterocycles. The lowest BCUT2D eigenvalue weighted by atomic mass is 9.83. The number of carbonyl (C=O) groups is 2. The van der Waals surface area contributed by atoms with Crippen molar-refractivity contribution in [2.24, 2.45) is 0 Å². The van der Waals surface area contributed by atoms with Crippen molar-refractivity contribution in [2.45, 2.75) is 12.5 Å². The number of methoxy groups -OCH3 is 5. The van der Waals surface area contributed by atoms with Crippen LogP contribution in [0, 0.1) is 10.1 Å². The predicted molar refractivity (Wildman–Crippen MR) is 129 cm³/mol. The molecule has 3 rings (SSSR count). The van der Waals surface area contributed by atoms with Crippen LogP contribution in [0.5, 0.6) is 23.0 Å². The number of aromatic hydroxyl groups is 1. The number of nitrogens with zero attached hydrogens (tertiary/aromatic N) is 2. The van der Waals surface area contributed by atoms with Crippen molar-refractivity contribution in [3.05, 3.63) is 75.1 Å². The molecule has 196 valence electrons. The van der Waals surface area contributed by atoms with E-state index in [9.17, 15) is 24.8 Å². The van der Waals surface area contributed by atoms with Crippen LogP contribution in [-0.4, -0.2) is 62.4 Å². The molecule has 1 aliphatic rings. The van der Waals surface area contributed by atoms with Gasteiger partial charge in [0.1, 0.15) is 0 Å². The van der Waals surface area contributed by atoms with Crippen molar-refractivity contribution in [2.75, 3.05) is 35.5 Å².